The van der Waals surface area contributed by atoms with Gasteiger partial charge in [-0.25, -0.2) is 0 Å². The Hall–Kier alpha value is -5.22. The van der Waals surface area contributed by atoms with Crippen LogP contribution in [0.1, 0.15) is 53.6 Å². The molecule has 0 spiro atoms. The van der Waals surface area contributed by atoms with Crippen LogP contribution >= 0.6 is 0 Å². The van der Waals surface area contributed by atoms with E-state index < -0.39 is 0 Å². The fourth-order valence-electron chi connectivity index (χ4n) is 6.21. The summed E-state index contributed by atoms with van der Waals surface area (Å²) in [6.07, 6.45) is 11.6. The molecule has 4 nitrogen and oxygen atoms in total. The summed E-state index contributed by atoms with van der Waals surface area (Å²) in [4.78, 5) is 4.47. The lowest BCUT2D eigenvalue weighted by Crippen LogP contribution is -2.33. The quantitative estimate of drug-likeness (QED) is 0.164. The minimum absolute atomic E-state index is 0.516. The van der Waals surface area contributed by atoms with Gasteiger partial charge in [-0.1, -0.05) is 105 Å². The highest BCUT2D eigenvalue weighted by Gasteiger charge is 2.19. The van der Waals surface area contributed by atoms with Gasteiger partial charge in [-0.3, -0.25) is 0 Å². The van der Waals surface area contributed by atoms with Crippen molar-refractivity contribution in [2.75, 3.05) is 36.4 Å². The summed E-state index contributed by atoms with van der Waals surface area (Å²) in [5.41, 5.74) is 12.5. The predicted molar refractivity (Wildman–Crippen MR) is 200 cm³/mol. The first-order valence-electron chi connectivity index (χ1n) is 16.9. The average molecular weight is 635 g/mol. The highest BCUT2D eigenvalue weighted by molar-refractivity contribution is 5.52. The van der Waals surface area contributed by atoms with Gasteiger partial charge < -0.3 is 19.3 Å². The van der Waals surface area contributed by atoms with Crippen LogP contribution in [0.15, 0.2) is 157 Å². The van der Waals surface area contributed by atoms with E-state index >= 15 is 0 Å². The van der Waals surface area contributed by atoms with E-state index in [4.69, 9.17) is 9.47 Å². The van der Waals surface area contributed by atoms with Crippen molar-refractivity contribution in [1.82, 2.24) is 0 Å². The first kappa shape index (κ1) is 32.7. The van der Waals surface area contributed by atoms with E-state index in [0.717, 1.165) is 61.6 Å². The monoisotopic (exact) mass is 634 g/mol. The van der Waals surface area contributed by atoms with Crippen LogP contribution in [0.2, 0.25) is 0 Å². The van der Waals surface area contributed by atoms with Crippen molar-refractivity contribution in [2.24, 2.45) is 0 Å². The SMILES string of the molecule is C=C/C=C1/OCN(c2ccc(Cc3ccc(Cc4ccc(Cc5ccc(N6COC(/C=C\CC)=C(C)C6)cc5)cc4)cc3)cc2)CC1=C. The van der Waals surface area contributed by atoms with Gasteiger partial charge in [-0.2, -0.15) is 0 Å². The fourth-order valence-corrected chi connectivity index (χ4v) is 6.21. The highest BCUT2D eigenvalue weighted by Crippen LogP contribution is 2.26. The minimum Gasteiger partial charge on any atom is -0.473 e. The first-order chi connectivity index (χ1) is 23.5. The topological polar surface area (TPSA) is 24.9 Å². The molecule has 0 aliphatic carbocycles. The van der Waals surface area contributed by atoms with Crippen LogP contribution in [0.3, 0.4) is 0 Å². The van der Waals surface area contributed by atoms with Crippen molar-refractivity contribution in [1.29, 1.82) is 0 Å². The Morgan fingerprint density at radius 2 is 1.04 bits per heavy atom. The normalized spacial score (nSPS) is 16.0. The number of ether oxygens (including phenoxy) is 2. The summed E-state index contributed by atoms with van der Waals surface area (Å²) in [5, 5.41) is 0. The summed E-state index contributed by atoms with van der Waals surface area (Å²) < 4.78 is 11.9. The zero-order valence-corrected chi connectivity index (χ0v) is 28.3. The second-order valence-electron chi connectivity index (χ2n) is 12.8. The smallest absolute Gasteiger partial charge is 0.161 e. The van der Waals surface area contributed by atoms with Crippen LogP contribution < -0.4 is 9.80 Å². The molecule has 4 heteroatoms. The Morgan fingerprint density at radius 3 is 1.44 bits per heavy atom. The zero-order valence-electron chi connectivity index (χ0n) is 28.3. The van der Waals surface area contributed by atoms with Gasteiger partial charge in [0.05, 0.1) is 0 Å². The number of hydrogen-bond donors (Lipinski definition) is 0. The largest absolute Gasteiger partial charge is 0.473 e. The number of benzene rings is 4. The van der Waals surface area contributed by atoms with Crippen LogP contribution in [0, 0.1) is 0 Å². The van der Waals surface area contributed by atoms with E-state index in [1.165, 1.54) is 44.6 Å². The molecule has 0 aromatic heterocycles. The molecule has 2 aliphatic heterocycles. The van der Waals surface area contributed by atoms with E-state index in [0.29, 0.717) is 13.5 Å². The molecule has 2 heterocycles. The van der Waals surface area contributed by atoms with E-state index in [9.17, 15) is 0 Å². The van der Waals surface area contributed by atoms with Crippen molar-refractivity contribution >= 4 is 11.4 Å². The molecule has 6 rings (SSSR count). The Balaban J connectivity index is 0.979. The van der Waals surface area contributed by atoms with Gasteiger partial charge in [0.2, 0.25) is 0 Å². The van der Waals surface area contributed by atoms with Gasteiger partial charge in [0.25, 0.3) is 0 Å². The molecular formula is C44H46N2O2. The van der Waals surface area contributed by atoms with E-state index in [1.807, 2.05) is 6.08 Å². The number of allylic oxidation sites excluding steroid dienone is 4. The molecule has 0 N–H and O–H groups in total. The third kappa shape index (κ3) is 8.38. The average Bonchev–Trinajstić information content (AvgIpc) is 3.11. The summed E-state index contributed by atoms with van der Waals surface area (Å²) >= 11 is 0. The lowest BCUT2D eigenvalue weighted by atomic mass is 9.98. The Labute approximate surface area is 286 Å². The molecule has 0 saturated carbocycles. The van der Waals surface area contributed by atoms with Gasteiger partial charge in [-0.05, 0) is 108 Å². The highest BCUT2D eigenvalue weighted by atomic mass is 16.5. The van der Waals surface area contributed by atoms with E-state index in [2.05, 4.69) is 146 Å². The Bertz CT molecular complexity index is 1790. The summed E-state index contributed by atoms with van der Waals surface area (Å²) in [7, 11) is 0. The Kier molecular flexibility index (Phi) is 10.6. The van der Waals surface area contributed by atoms with Crippen molar-refractivity contribution in [3.05, 3.63) is 191 Å². The van der Waals surface area contributed by atoms with Crippen LogP contribution in [-0.2, 0) is 28.7 Å². The lowest BCUT2D eigenvalue weighted by Gasteiger charge is -2.32. The van der Waals surface area contributed by atoms with Gasteiger partial charge >= 0.3 is 0 Å². The van der Waals surface area contributed by atoms with Crippen LogP contribution in [0.4, 0.5) is 11.4 Å². The maximum Gasteiger partial charge on any atom is 0.161 e. The summed E-state index contributed by atoms with van der Waals surface area (Å²) in [5.74, 6) is 1.83. The zero-order chi connectivity index (χ0) is 33.3. The van der Waals surface area contributed by atoms with E-state index in [-0.39, 0.29) is 0 Å². The molecule has 0 amide bonds. The molecule has 1 saturated heterocycles. The van der Waals surface area contributed by atoms with Crippen molar-refractivity contribution in [3.63, 3.8) is 0 Å². The number of hydrogen-bond acceptors (Lipinski definition) is 4. The molecule has 0 bridgehead atoms. The van der Waals surface area contributed by atoms with Gasteiger partial charge in [0.15, 0.2) is 13.5 Å². The van der Waals surface area contributed by atoms with Crippen molar-refractivity contribution < 1.29 is 9.47 Å². The van der Waals surface area contributed by atoms with Crippen LogP contribution in [0.5, 0.6) is 0 Å². The van der Waals surface area contributed by atoms with Crippen molar-refractivity contribution in [3.8, 4) is 0 Å². The van der Waals surface area contributed by atoms with Crippen molar-refractivity contribution in [2.45, 2.75) is 39.5 Å². The Morgan fingerprint density at radius 1 is 0.625 bits per heavy atom. The van der Waals surface area contributed by atoms with Crippen LogP contribution in [-0.4, -0.2) is 26.6 Å². The third-order valence-corrected chi connectivity index (χ3v) is 8.98. The molecular weight excluding hydrogens is 588 g/mol. The predicted octanol–water partition coefficient (Wildman–Crippen LogP) is 9.91. The van der Waals surface area contributed by atoms with Crippen LogP contribution in [0.25, 0.3) is 0 Å². The first-order valence-corrected chi connectivity index (χ1v) is 16.9. The molecule has 0 atom stereocenters. The maximum absolute atomic E-state index is 6.01. The molecule has 244 valence electrons. The second kappa shape index (κ2) is 15.6. The molecule has 4 aromatic carbocycles. The summed E-state index contributed by atoms with van der Waals surface area (Å²) in [6.45, 7) is 14.9. The number of rotatable bonds is 11. The van der Waals surface area contributed by atoms with E-state index in [1.54, 1.807) is 6.08 Å². The fraction of sp³-hybridized carbons (Fsp3) is 0.227. The van der Waals surface area contributed by atoms with Gasteiger partial charge in [-0.15, -0.1) is 0 Å². The number of anilines is 2. The standard InChI is InChI=1S/C44H46N2O2/c1-5-7-9-44-34(4)30-46(32-48-44)42-24-20-40(21-25-42)28-38-16-12-36(13-17-38)26-35-10-14-37(15-11-35)27-39-18-22-41(23-19-39)45-29-33(3)43(8-6-2)47-31-45/h6-25H,2-3,5,26-32H2,1,4H3/b9-7-,43-8+. The third-order valence-electron chi connectivity index (χ3n) is 8.98. The molecule has 48 heavy (non-hydrogen) atoms. The summed E-state index contributed by atoms with van der Waals surface area (Å²) in [6, 6.07) is 35.8. The van der Waals surface area contributed by atoms with Gasteiger partial charge in [0.1, 0.15) is 11.5 Å². The maximum atomic E-state index is 6.01. The van der Waals surface area contributed by atoms with Gasteiger partial charge in [0, 0.05) is 30.0 Å². The second-order valence-corrected chi connectivity index (χ2v) is 12.8. The lowest BCUT2D eigenvalue weighted by molar-refractivity contribution is 0.202. The molecule has 0 unspecified atom stereocenters. The minimum atomic E-state index is 0.516. The molecule has 4 aromatic rings. The number of nitrogens with zero attached hydrogens (tertiary/aromatic N) is 2. The molecule has 1 fully saturated rings. The molecule has 0 radical (unpaired) electrons. The molecule has 2 aliphatic rings.